The van der Waals surface area contributed by atoms with E-state index < -0.39 is 0 Å². The van der Waals surface area contributed by atoms with Gasteiger partial charge in [-0.15, -0.1) is 6.42 Å². The van der Waals surface area contributed by atoms with Crippen molar-refractivity contribution in [1.82, 2.24) is 5.32 Å². The van der Waals surface area contributed by atoms with E-state index in [0.717, 1.165) is 38.8 Å². The zero-order valence-electron chi connectivity index (χ0n) is 8.94. The van der Waals surface area contributed by atoms with E-state index in [1.165, 1.54) is 0 Å². The van der Waals surface area contributed by atoms with E-state index in [-0.39, 0.29) is 11.2 Å². The molecule has 0 aromatic rings. The number of hydrogen-bond donors (Lipinski definition) is 1. The maximum Gasteiger partial charge on any atom is 0.152 e. The number of carbonyl (C=O) groups is 1. The molecule has 0 saturated carbocycles. The van der Waals surface area contributed by atoms with Crippen molar-refractivity contribution in [2.75, 3.05) is 13.1 Å². The number of carbonyl (C=O) groups excluding carboxylic acids is 1. The van der Waals surface area contributed by atoms with Gasteiger partial charge in [-0.05, 0) is 25.8 Å². The van der Waals surface area contributed by atoms with E-state index in [1.807, 2.05) is 0 Å². The minimum atomic E-state index is -0.153. The lowest BCUT2D eigenvalue weighted by Gasteiger charge is -2.35. The molecule has 1 aliphatic rings. The van der Waals surface area contributed by atoms with Crippen LogP contribution in [-0.4, -0.2) is 18.9 Å². The largest absolute Gasteiger partial charge is 0.316 e. The van der Waals surface area contributed by atoms with Gasteiger partial charge in [-0.3, -0.25) is 4.79 Å². The molecular formula is C12H19NO. The lowest BCUT2D eigenvalue weighted by atomic mass is 9.73. The summed E-state index contributed by atoms with van der Waals surface area (Å²) in [5.74, 6) is 2.73. The minimum absolute atomic E-state index is 0.153. The third-order valence-corrected chi connectivity index (χ3v) is 3.05. The molecule has 1 unspecified atom stereocenters. The highest BCUT2D eigenvalue weighted by Gasteiger charge is 2.37. The summed E-state index contributed by atoms with van der Waals surface area (Å²) < 4.78 is 0. The molecule has 1 heterocycles. The maximum absolute atomic E-state index is 11.9. The summed E-state index contributed by atoms with van der Waals surface area (Å²) >= 11 is 0. The summed E-state index contributed by atoms with van der Waals surface area (Å²) in [6.07, 6.45) is 9.62. The van der Waals surface area contributed by atoms with Gasteiger partial charge in [0.2, 0.25) is 0 Å². The highest BCUT2D eigenvalue weighted by Crippen LogP contribution is 2.33. The van der Waals surface area contributed by atoms with Crippen molar-refractivity contribution in [3.63, 3.8) is 0 Å². The van der Waals surface area contributed by atoms with Gasteiger partial charge >= 0.3 is 0 Å². The summed E-state index contributed by atoms with van der Waals surface area (Å²) in [4.78, 5) is 11.9. The molecule has 2 heteroatoms. The van der Waals surface area contributed by atoms with Gasteiger partial charge in [0.1, 0.15) is 0 Å². The Morgan fingerprint density at radius 2 is 2.43 bits per heavy atom. The molecule has 0 aromatic carbocycles. The molecule has 78 valence electrons. The Kier molecular flexibility index (Phi) is 4.16. The Hall–Kier alpha value is -0.810. The number of rotatable bonds is 4. The fraction of sp³-hybridized carbons (Fsp3) is 0.750. The first kappa shape index (κ1) is 11.3. The fourth-order valence-corrected chi connectivity index (χ4v) is 2.32. The SMILES string of the molecule is C#CCC(=O)C1(CCC)CCCNC1. The second-order valence-electron chi connectivity index (χ2n) is 4.11. The van der Waals surface area contributed by atoms with Crippen LogP contribution in [0.5, 0.6) is 0 Å². The molecule has 0 spiro atoms. The molecule has 0 radical (unpaired) electrons. The fourth-order valence-electron chi connectivity index (χ4n) is 2.32. The zero-order chi connectivity index (χ0) is 10.4. The molecule has 1 atom stereocenters. The van der Waals surface area contributed by atoms with Crippen LogP contribution in [0.1, 0.15) is 39.0 Å². The minimum Gasteiger partial charge on any atom is -0.316 e. The van der Waals surface area contributed by atoms with E-state index in [4.69, 9.17) is 6.42 Å². The van der Waals surface area contributed by atoms with Crippen LogP contribution in [0.2, 0.25) is 0 Å². The quantitative estimate of drug-likeness (QED) is 0.689. The first-order chi connectivity index (χ1) is 6.75. The Bertz CT molecular complexity index is 228. The van der Waals surface area contributed by atoms with Crippen LogP contribution in [0.3, 0.4) is 0 Å². The lowest BCUT2D eigenvalue weighted by Crippen LogP contribution is -2.45. The molecule has 1 rings (SSSR count). The molecule has 0 aliphatic carbocycles. The number of nitrogens with one attached hydrogen (secondary N) is 1. The lowest BCUT2D eigenvalue weighted by molar-refractivity contribution is -0.129. The smallest absolute Gasteiger partial charge is 0.152 e. The standard InChI is InChI=1S/C12H19NO/c1-3-6-11(14)12(7-4-2)8-5-9-13-10-12/h1,13H,4-10H2,2H3. The average Bonchev–Trinajstić information content (AvgIpc) is 2.20. The Morgan fingerprint density at radius 1 is 1.64 bits per heavy atom. The van der Waals surface area contributed by atoms with Crippen molar-refractivity contribution in [3.8, 4) is 12.3 Å². The molecule has 1 N–H and O–H groups in total. The Labute approximate surface area is 86.5 Å². The molecule has 14 heavy (non-hydrogen) atoms. The first-order valence-corrected chi connectivity index (χ1v) is 5.42. The van der Waals surface area contributed by atoms with Crippen molar-refractivity contribution in [1.29, 1.82) is 0 Å². The van der Waals surface area contributed by atoms with Gasteiger partial charge in [0, 0.05) is 12.0 Å². The summed E-state index contributed by atoms with van der Waals surface area (Å²) in [6, 6.07) is 0. The van der Waals surface area contributed by atoms with Crippen LogP contribution in [-0.2, 0) is 4.79 Å². The Balaban J connectivity index is 2.69. The number of terminal acetylenes is 1. The second-order valence-corrected chi connectivity index (χ2v) is 4.11. The van der Waals surface area contributed by atoms with Crippen LogP contribution in [0.4, 0.5) is 0 Å². The first-order valence-electron chi connectivity index (χ1n) is 5.42. The topological polar surface area (TPSA) is 29.1 Å². The highest BCUT2D eigenvalue weighted by atomic mass is 16.1. The summed E-state index contributed by atoms with van der Waals surface area (Å²) in [6.45, 7) is 3.98. The molecule has 0 aromatic heterocycles. The van der Waals surface area contributed by atoms with Crippen LogP contribution in [0, 0.1) is 17.8 Å². The van der Waals surface area contributed by atoms with Gasteiger partial charge in [-0.2, -0.15) is 0 Å². The second kappa shape index (κ2) is 5.17. The molecule has 1 aliphatic heterocycles. The molecular weight excluding hydrogens is 174 g/mol. The van der Waals surface area contributed by atoms with Crippen LogP contribution in [0.15, 0.2) is 0 Å². The maximum atomic E-state index is 11.9. The summed E-state index contributed by atoms with van der Waals surface area (Å²) in [7, 11) is 0. The molecule has 0 bridgehead atoms. The summed E-state index contributed by atoms with van der Waals surface area (Å²) in [5, 5.41) is 3.31. The van der Waals surface area contributed by atoms with Crippen LogP contribution >= 0.6 is 0 Å². The van der Waals surface area contributed by atoms with Gasteiger partial charge in [-0.1, -0.05) is 19.3 Å². The predicted molar refractivity (Wildman–Crippen MR) is 57.9 cm³/mol. The van der Waals surface area contributed by atoms with Gasteiger partial charge in [0.25, 0.3) is 0 Å². The van der Waals surface area contributed by atoms with E-state index in [2.05, 4.69) is 18.2 Å². The number of hydrogen-bond acceptors (Lipinski definition) is 2. The van der Waals surface area contributed by atoms with Gasteiger partial charge in [-0.25, -0.2) is 0 Å². The Morgan fingerprint density at radius 3 is 2.93 bits per heavy atom. The van der Waals surface area contributed by atoms with Gasteiger partial charge < -0.3 is 5.32 Å². The van der Waals surface area contributed by atoms with Crippen molar-refractivity contribution in [3.05, 3.63) is 0 Å². The molecule has 0 amide bonds. The van der Waals surface area contributed by atoms with Crippen molar-refractivity contribution in [2.45, 2.75) is 39.0 Å². The van der Waals surface area contributed by atoms with Crippen molar-refractivity contribution in [2.24, 2.45) is 5.41 Å². The molecule has 1 saturated heterocycles. The number of Topliss-reactive ketones (excluding diaryl/α,β-unsaturated/α-hetero) is 1. The van der Waals surface area contributed by atoms with Crippen molar-refractivity contribution < 1.29 is 4.79 Å². The van der Waals surface area contributed by atoms with Gasteiger partial charge in [0.05, 0.1) is 6.42 Å². The third-order valence-electron chi connectivity index (χ3n) is 3.05. The van der Waals surface area contributed by atoms with E-state index >= 15 is 0 Å². The van der Waals surface area contributed by atoms with Gasteiger partial charge in [0.15, 0.2) is 5.78 Å². The zero-order valence-corrected chi connectivity index (χ0v) is 8.94. The monoisotopic (exact) mass is 193 g/mol. The predicted octanol–water partition coefficient (Wildman–Crippen LogP) is 1.75. The number of ketones is 1. The molecule has 2 nitrogen and oxygen atoms in total. The van der Waals surface area contributed by atoms with Crippen LogP contribution < -0.4 is 5.32 Å². The summed E-state index contributed by atoms with van der Waals surface area (Å²) in [5.41, 5.74) is -0.153. The van der Waals surface area contributed by atoms with Crippen molar-refractivity contribution >= 4 is 5.78 Å². The normalized spacial score (nSPS) is 26.9. The van der Waals surface area contributed by atoms with E-state index in [1.54, 1.807) is 0 Å². The highest BCUT2D eigenvalue weighted by molar-refractivity contribution is 5.87. The third kappa shape index (κ3) is 2.36. The number of piperidine rings is 1. The van der Waals surface area contributed by atoms with E-state index in [0.29, 0.717) is 6.42 Å². The average molecular weight is 193 g/mol. The molecule has 1 fully saturated rings. The van der Waals surface area contributed by atoms with Crippen LogP contribution in [0.25, 0.3) is 0 Å². The van der Waals surface area contributed by atoms with E-state index in [9.17, 15) is 4.79 Å².